The molecule has 0 amide bonds. The SMILES string of the molecule is O=S(=O)(c1cccc(C(F)(F)F)c1)N(Cc1ccc(Cl)cc1)c1cccc(F)c1. The van der Waals surface area contributed by atoms with E-state index >= 15 is 0 Å². The van der Waals surface area contributed by atoms with Crippen LogP contribution in [-0.2, 0) is 22.7 Å². The number of anilines is 1. The lowest BCUT2D eigenvalue weighted by Crippen LogP contribution is -2.31. The van der Waals surface area contributed by atoms with E-state index in [1.165, 1.54) is 12.1 Å². The number of hydrogen-bond acceptors (Lipinski definition) is 2. The molecule has 3 aromatic rings. The molecule has 0 aliphatic carbocycles. The van der Waals surface area contributed by atoms with Crippen LogP contribution in [0.4, 0.5) is 23.2 Å². The minimum atomic E-state index is -4.70. The Bertz CT molecular complexity index is 1120. The smallest absolute Gasteiger partial charge is 0.262 e. The highest BCUT2D eigenvalue weighted by atomic mass is 35.5. The van der Waals surface area contributed by atoms with E-state index in [1.54, 1.807) is 24.3 Å². The van der Waals surface area contributed by atoms with E-state index in [0.29, 0.717) is 16.7 Å². The number of hydrogen-bond donors (Lipinski definition) is 0. The van der Waals surface area contributed by atoms with Gasteiger partial charge in [0.05, 0.1) is 22.7 Å². The summed E-state index contributed by atoms with van der Waals surface area (Å²) in [6.45, 7) is -0.223. The minimum Gasteiger partial charge on any atom is -0.262 e. The number of nitrogens with zero attached hydrogens (tertiary/aromatic N) is 1. The van der Waals surface area contributed by atoms with Crippen molar-refractivity contribution in [3.63, 3.8) is 0 Å². The van der Waals surface area contributed by atoms with Gasteiger partial charge in [-0.05, 0) is 54.1 Å². The normalized spacial score (nSPS) is 12.0. The molecule has 3 rings (SSSR count). The van der Waals surface area contributed by atoms with Crippen LogP contribution in [0.5, 0.6) is 0 Å². The van der Waals surface area contributed by atoms with E-state index < -0.39 is 32.5 Å². The Kier molecular flexibility index (Phi) is 5.86. The molecule has 29 heavy (non-hydrogen) atoms. The summed E-state index contributed by atoms with van der Waals surface area (Å²) < 4.78 is 80.1. The van der Waals surface area contributed by atoms with Crippen molar-refractivity contribution in [1.82, 2.24) is 0 Å². The van der Waals surface area contributed by atoms with Gasteiger partial charge in [-0.25, -0.2) is 12.8 Å². The summed E-state index contributed by atoms with van der Waals surface area (Å²) in [4.78, 5) is -0.550. The molecule has 152 valence electrons. The second-order valence-electron chi connectivity index (χ2n) is 6.14. The molecule has 0 aliphatic heterocycles. The molecule has 0 aromatic heterocycles. The molecule has 0 spiro atoms. The van der Waals surface area contributed by atoms with Gasteiger partial charge in [0.1, 0.15) is 5.82 Å². The summed E-state index contributed by atoms with van der Waals surface area (Å²) in [6.07, 6.45) is -4.70. The molecule has 3 aromatic carbocycles. The first-order valence-corrected chi connectivity index (χ1v) is 10.1. The molecule has 0 aliphatic rings. The predicted molar refractivity (Wildman–Crippen MR) is 103 cm³/mol. The van der Waals surface area contributed by atoms with Crippen LogP contribution in [0.1, 0.15) is 11.1 Å². The summed E-state index contributed by atoms with van der Waals surface area (Å²) in [5.41, 5.74) is -0.587. The Morgan fingerprint density at radius 1 is 0.897 bits per heavy atom. The highest BCUT2D eigenvalue weighted by Gasteiger charge is 2.33. The van der Waals surface area contributed by atoms with Crippen LogP contribution >= 0.6 is 11.6 Å². The van der Waals surface area contributed by atoms with Crippen LogP contribution in [0.2, 0.25) is 5.02 Å². The molecule has 0 bridgehead atoms. The van der Waals surface area contributed by atoms with Gasteiger partial charge >= 0.3 is 6.18 Å². The maximum absolute atomic E-state index is 13.7. The largest absolute Gasteiger partial charge is 0.416 e. The van der Waals surface area contributed by atoms with Gasteiger partial charge in [-0.2, -0.15) is 13.2 Å². The molecule has 0 saturated heterocycles. The van der Waals surface area contributed by atoms with Gasteiger partial charge in [0.15, 0.2) is 0 Å². The van der Waals surface area contributed by atoms with Crippen molar-refractivity contribution in [2.24, 2.45) is 0 Å². The van der Waals surface area contributed by atoms with E-state index in [-0.39, 0.29) is 12.2 Å². The highest BCUT2D eigenvalue weighted by Crippen LogP contribution is 2.33. The van der Waals surface area contributed by atoms with E-state index in [4.69, 9.17) is 11.6 Å². The predicted octanol–water partition coefficient (Wildman–Crippen LogP) is 5.89. The average molecular weight is 444 g/mol. The molecule has 0 N–H and O–H groups in total. The van der Waals surface area contributed by atoms with Gasteiger partial charge in [-0.3, -0.25) is 4.31 Å². The first-order valence-electron chi connectivity index (χ1n) is 8.27. The van der Waals surface area contributed by atoms with Crippen molar-refractivity contribution in [1.29, 1.82) is 0 Å². The molecule has 9 heteroatoms. The van der Waals surface area contributed by atoms with Gasteiger partial charge in [0.2, 0.25) is 0 Å². The average Bonchev–Trinajstić information content (AvgIpc) is 2.67. The van der Waals surface area contributed by atoms with Crippen molar-refractivity contribution in [2.45, 2.75) is 17.6 Å². The van der Waals surface area contributed by atoms with Gasteiger partial charge < -0.3 is 0 Å². The second-order valence-corrected chi connectivity index (χ2v) is 8.44. The molecule has 0 unspecified atom stereocenters. The third-order valence-electron chi connectivity index (χ3n) is 4.08. The summed E-state index contributed by atoms with van der Waals surface area (Å²) in [5.74, 6) is -0.678. The lowest BCUT2D eigenvalue weighted by Gasteiger charge is -2.25. The Morgan fingerprint density at radius 3 is 2.17 bits per heavy atom. The Hall–Kier alpha value is -2.58. The zero-order chi connectivity index (χ0) is 21.2. The standard InChI is InChI=1S/C20H14ClF4NO2S/c21-16-9-7-14(8-10-16)13-26(18-5-2-4-17(22)12-18)29(27,28)19-6-1-3-15(11-19)20(23,24)25/h1-12H,13H2. The van der Waals surface area contributed by atoms with Crippen molar-refractivity contribution in [3.05, 3.63) is 94.8 Å². The minimum absolute atomic E-state index is 0.0163. The van der Waals surface area contributed by atoms with Gasteiger partial charge in [0, 0.05) is 5.02 Å². The van der Waals surface area contributed by atoms with E-state index in [0.717, 1.165) is 34.6 Å². The summed E-state index contributed by atoms with van der Waals surface area (Å²) >= 11 is 5.84. The van der Waals surface area contributed by atoms with Crippen LogP contribution in [0.15, 0.2) is 77.7 Å². The topological polar surface area (TPSA) is 37.4 Å². The fourth-order valence-electron chi connectivity index (χ4n) is 2.66. The van der Waals surface area contributed by atoms with Gasteiger partial charge in [-0.1, -0.05) is 35.9 Å². The fraction of sp³-hybridized carbons (Fsp3) is 0.100. The van der Waals surface area contributed by atoms with Crippen molar-refractivity contribution in [3.8, 4) is 0 Å². The van der Waals surface area contributed by atoms with Crippen molar-refractivity contribution < 1.29 is 26.0 Å². The maximum atomic E-state index is 13.7. The van der Waals surface area contributed by atoms with Gasteiger partial charge in [-0.15, -0.1) is 0 Å². The molecule has 0 saturated carbocycles. The number of alkyl halides is 3. The Labute approximate surface area is 170 Å². The van der Waals surface area contributed by atoms with Crippen LogP contribution in [0.25, 0.3) is 0 Å². The maximum Gasteiger partial charge on any atom is 0.416 e. The number of sulfonamides is 1. The van der Waals surface area contributed by atoms with E-state index in [2.05, 4.69) is 0 Å². The molecule has 0 fully saturated rings. The van der Waals surface area contributed by atoms with Gasteiger partial charge in [0.25, 0.3) is 10.0 Å². The van der Waals surface area contributed by atoms with E-state index in [1.807, 2.05) is 0 Å². The van der Waals surface area contributed by atoms with Crippen LogP contribution in [0, 0.1) is 5.82 Å². The fourth-order valence-corrected chi connectivity index (χ4v) is 4.28. The molecular weight excluding hydrogens is 430 g/mol. The van der Waals surface area contributed by atoms with Crippen molar-refractivity contribution >= 4 is 27.3 Å². The first kappa shape index (κ1) is 21.1. The zero-order valence-corrected chi connectivity index (χ0v) is 16.3. The Morgan fingerprint density at radius 2 is 1.55 bits per heavy atom. The molecule has 0 heterocycles. The van der Waals surface area contributed by atoms with Crippen LogP contribution < -0.4 is 4.31 Å². The summed E-state index contributed by atoms with van der Waals surface area (Å²) in [5, 5.41) is 0.437. The molecular formula is C20H14ClF4NO2S. The molecule has 0 radical (unpaired) electrons. The van der Waals surface area contributed by atoms with Crippen LogP contribution in [-0.4, -0.2) is 8.42 Å². The number of rotatable bonds is 5. The highest BCUT2D eigenvalue weighted by molar-refractivity contribution is 7.92. The first-order chi connectivity index (χ1) is 13.6. The zero-order valence-electron chi connectivity index (χ0n) is 14.7. The van der Waals surface area contributed by atoms with Crippen molar-refractivity contribution in [2.75, 3.05) is 4.31 Å². The number of halogens is 5. The number of benzene rings is 3. The third kappa shape index (κ3) is 4.89. The second kappa shape index (κ2) is 8.04. The lowest BCUT2D eigenvalue weighted by atomic mass is 10.2. The third-order valence-corrected chi connectivity index (χ3v) is 6.11. The molecule has 3 nitrogen and oxygen atoms in total. The monoisotopic (exact) mass is 443 g/mol. The van der Waals surface area contributed by atoms with E-state index in [9.17, 15) is 26.0 Å². The quantitative estimate of drug-likeness (QED) is 0.461. The van der Waals surface area contributed by atoms with Crippen LogP contribution in [0.3, 0.4) is 0 Å². The summed E-state index contributed by atoms with van der Waals surface area (Å²) in [6, 6.07) is 14.5. The lowest BCUT2D eigenvalue weighted by molar-refractivity contribution is -0.137. The summed E-state index contributed by atoms with van der Waals surface area (Å²) in [7, 11) is -4.43. The molecule has 0 atom stereocenters. The Balaban J connectivity index is 2.10.